The van der Waals surface area contributed by atoms with E-state index in [9.17, 15) is 4.79 Å². The first-order valence-corrected chi connectivity index (χ1v) is 9.34. The van der Waals surface area contributed by atoms with Crippen LogP contribution in [0.5, 0.6) is 5.75 Å². The highest BCUT2D eigenvalue weighted by Crippen LogP contribution is 2.23. The largest absolute Gasteiger partial charge is 0.497 e. The number of carbonyl (C=O) groups excluding carboxylic acids is 1. The van der Waals surface area contributed by atoms with Gasteiger partial charge in [-0.05, 0) is 36.1 Å². The third-order valence-electron chi connectivity index (χ3n) is 5.18. The summed E-state index contributed by atoms with van der Waals surface area (Å²) in [4.78, 5) is 25.6. The lowest BCUT2D eigenvalue weighted by Crippen LogP contribution is -2.41. The van der Waals surface area contributed by atoms with Crippen LogP contribution in [-0.4, -0.2) is 67.3 Å². The van der Waals surface area contributed by atoms with E-state index >= 15 is 0 Å². The first kappa shape index (κ1) is 17.7. The summed E-state index contributed by atoms with van der Waals surface area (Å²) in [5.74, 6) is 1.57. The predicted molar refractivity (Wildman–Crippen MR) is 101 cm³/mol. The van der Waals surface area contributed by atoms with Crippen LogP contribution in [0, 0.1) is 0 Å². The molecule has 1 aromatic heterocycles. The average Bonchev–Trinajstić information content (AvgIpc) is 2.96. The molecule has 0 N–H and O–H groups in total. The van der Waals surface area contributed by atoms with Gasteiger partial charge in [0.15, 0.2) is 0 Å². The van der Waals surface area contributed by atoms with E-state index in [0.717, 1.165) is 37.5 Å². The minimum absolute atomic E-state index is 0.0736. The number of nitrogens with zero attached hydrogens (tertiary/aromatic N) is 4. The summed E-state index contributed by atoms with van der Waals surface area (Å²) < 4.78 is 10.7. The van der Waals surface area contributed by atoms with Gasteiger partial charge >= 0.3 is 0 Å². The standard InChI is InChI=1S/C20H24N4O3/c1-26-17-3-2-15-4-6-23(7-5-16(15)12-17)19-14-21-13-18(22-19)20(25)24-8-10-27-11-9-24/h2-3,12-14H,4-11H2,1H3. The molecule has 0 bridgehead atoms. The first-order valence-electron chi connectivity index (χ1n) is 9.34. The van der Waals surface area contributed by atoms with Crippen LogP contribution in [0.4, 0.5) is 5.82 Å². The Morgan fingerprint density at radius 2 is 1.85 bits per heavy atom. The van der Waals surface area contributed by atoms with Gasteiger partial charge in [0.2, 0.25) is 0 Å². The molecule has 1 aromatic carbocycles. The number of hydrogen-bond donors (Lipinski definition) is 0. The molecule has 7 nitrogen and oxygen atoms in total. The Morgan fingerprint density at radius 3 is 2.63 bits per heavy atom. The monoisotopic (exact) mass is 368 g/mol. The predicted octanol–water partition coefficient (Wildman–Crippen LogP) is 1.56. The third kappa shape index (κ3) is 3.88. The number of hydrogen-bond acceptors (Lipinski definition) is 6. The number of fused-ring (bicyclic) bond motifs is 1. The van der Waals surface area contributed by atoms with Crippen LogP contribution in [0.1, 0.15) is 21.6 Å². The fourth-order valence-corrected chi connectivity index (χ4v) is 3.60. The molecular weight excluding hydrogens is 344 g/mol. The highest BCUT2D eigenvalue weighted by molar-refractivity contribution is 5.92. The van der Waals surface area contributed by atoms with Crippen molar-refractivity contribution in [1.82, 2.24) is 14.9 Å². The van der Waals surface area contributed by atoms with Gasteiger partial charge in [0, 0.05) is 26.2 Å². The Kier molecular flexibility index (Phi) is 5.20. The second-order valence-corrected chi connectivity index (χ2v) is 6.79. The van der Waals surface area contributed by atoms with Gasteiger partial charge in [-0.1, -0.05) is 6.07 Å². The number of amides is 1. The zero-order chi connectivity index (χ0) is 18.6. The maximum atomic E-state index is 12.7. The number of rotatable bonds is 3. The summed E-state index contributed by atoms with van der Waals surface area (Å²) in [7, 11) is 1.69. The van der Waals surface area contributed by atoms with Gasteiger partial charge in [-0.25, -0.2) is 4.98 Å². The summed E-state index contributed by atoms with van der Waals surface area (Å²) >= 11 is 0. The van der Waals surface area contributed by atoms with E-state index in [-0.39, 0.29) is 5.91 Å². The number of anilines is 1. The van der Waals surface area contributed by atoms with E-state index in [2.05, 4.69) is 27.0 Å². The Hall–Kier alpha value is -2.67. The van der Waals surface area contributed by atoms with Crippen LogP contribution in [0.2, 0.25) is 0 Å². The van der Waals surface area contributed by atoms with Crippen molar-refractivity contribution in [2.45, 2.75) is 12.8 Å². The average molecular weight is 368 g/mol. The van der Waals surface area contributed by atoms with Gasteiger partial charge in [0.05, 0.1) is 32.7 Å². The molecule has 7 heteroatoms. The fourth-order valence-electron chi connectivity index (χ4n) is 3.60. The lowest BCUT2D eigenvalue weighted by Gasteiger charge is -2.27. The molecule has 0 unspecified atom stereocenters. The normalized spacial score (nSPS) is 17.2. The molecule has 0 saturated carbocycles. The van der Waals surface area contributed by atoms with E-state index in [1.165, 1.54) is 11.1 Å². The Balaban J connectivity index is 1.50. The molecule has 1 saturated heterocycles. The minimum Gasteiger partial charge on any atom is -0.497 e. The maximum absolute atomic E-state index is 12.7. The molecule has 3 heterocycles. The molecule has 1 fully saturated rings. The van der Waals surface area contributed by atoms with E-state index in [0.29, 0.717) is 32.0 Å². The van der Waals surface area contributed by atoms with Crippen molar-refractivity contribution in [1.29, 1.82) is 0 Å². The molecule has 0 atom stereocenters. The van der Waals surface area contributed by atoms with Gasteiger partial charge in [-0.2, -0.15) is 0 Å². The van der Waals surface area contributed by atoms with Gasteiger partial charge in [-0.15, -0.1) is 0 Å². The molecule has 142 valence electrons. The number of carbonyl (C=O) groups is 1. The van der Waals surface area contributed by atoms with E-state index in [1.807, 2.05) is 6.07 Å². The van der Waals surface area contributed by atoms with Gasteiger partial charge in [0.25, 0.3) is 5.91 Å². The van der Waals surface area contributed by atoms with Crippen LogP contribution >= 0.6 is 0 Å². The molecule has 4 rings (SSSR count). The molecule has 0 spiro atoms. The van der Waals surface area contributed by atoms with Crippen LogP contribution in [0.3, 0.4) is 0 Å². The summed E-state index contributed by atoms with van der Waals surface area (Å²) in [6, 6.07) is 6.26. The van der Waals surface area contributed by atoms with E-state index < -0.39 is 0 Å². The second kappa shape index (κ2) is 7.92. The van der Waals surface area contributed by atoms with Crippen molar-refractivity contribution in [2.75, 3.05) is 51.4 Å². The molecule has 1 amide bonds. The lowest BCUT2D eigenvalue weighted by atomic mass is 10.0. The summed E-state index contributed by atoms with van der Waals surface area (Å²) in [5.41, 5.74) is 3.05. The summed E-state index contributed by atoms with van der Waals surface area (Å²) in [5, 5.41) is 0. The second-order valence-electron chi connectivity index (χ2n) is 6.79. The highest BCUT2D eigenvalue weighted by atomic mass is 16.5. The molecule has 0 aliphatic carbocycles. The lowest BCUT2D eigenvalue weighted by molar-refractivity contribution is 0.0299. The van der Waals surface area contributed by atoms with Gasteiger partial charge in [0.1, 0.15) is 17.3 Å². The molecular formula is C20H24N4O3. The zero-order valence-corrected chi connectivity index (χ0v) is 15.6. The van der Waals surface area contributed by atoms with Crippen molar-refractivity contribution >= 4 is 11.7 Å². The molecule has 2 aromatic rings. The zero-order valence-electron chi connectivity index (χ0n) is 15.6. The van der Waals surface area contributed by atoms with Gasteiger partial charge < -0.3 is 19.3 Å². The molecule has 27 heavy (non-hydrogen) atoms. The first-order chi connectivity index (χ1) is 13.2. The number of morpholine rings is 1. The van der Waals surface area contributed by atoms with Crippen molar-refractivity contribution < 1.29 is 14.3 Å². The third-order valence-corrected chi connectivity index (χ3v) is 5.18. The number of benzene rings is 1. The molecule has 2 aliphatic heterocycles. The summed E-state index contributed by atoms with van der Waals surface area (Å²) in [6.45, 7) is 4.05. The van der Waals surface area contributed by atoms with Crippen LogP contribution < -0.4 is 9.64 Å². The topological polar surface area (TPSA) is 67.8 Å². The fraction of sp³-hybridized carbons (Fsp3) is 0.450. The smallest absolute Gasteiger partial charge is 0.274 e. The van der Waals surface area contributed by atoms with E-state index in [1.54, 1.807) is 24.4 Å². The SMILES string of the molecule is COc1ccc2c(c1)CCN(c1cncc(C(=O)N3CCOCC3)n1)CC2. The number of ether oxygens (including phenoxy) is 2. The van der Waals surface area contributed by atoms with Crippen LogP contribution in [-0.2, 0) is 17.6 Å². The van der Waals surface area contributed by atoms with E-state index in [4.69, 9.17) is 9.47 Å². The van der Waals surface area contributed by atoms with Crippen molar-refractivity contribution in [3.63, 3.8) is 0 Å². The van der Waals surface area contributed by atoms with Crippen molar-refractivity contribution in [3.05, 3.63) is 47.4 Å². The Bertz CT molecular complexity index is 821. The Morgan fingerprint density at radius 1 is 1.07 bits per heavy atom. The maximum Gasteiger partial charge on any atom is 0.274 e. The van der Waals surface area contributed by atoms with Crippen LogP contribution in [0.25, 0.3) is 0 Å². The molecule has 0 radical (unpaired) electrons. The molecule has 2 aliphatic rings. The summed E-state index contributed by atoms with van der Waals surface area (Å²) in [6.07, 6.45) is 5.14. The van der Waals surface area contributed by atoms with Crippen molar-refractivity contribution in [3.8, 4) is 5.75 Å². The number of methoxy groups -OCH3 is 1. The quantitative estimate of drug-likeness (QED) is 0.819. The highest BCUT2D eigenvalue weighted by Gasteiger charge is 2.22. The van der Waals surface area contributed by atoms with Crippen molar-refractivity contribution in [2.24, 2.45) is 0 Å². The number of aromatic nitrogens is 2. The minimum atomic E-state index is -0.0736. The van der Waals surface area contributed by atoms with Gasteiger partial charge in [-0.3, -0.25) is 9.78 Å². The van der Waals surface area contributed by atoms with Crippen LogP contribution in [0.15, 0.2) is 30.6 Å². The Labute approximate surface area is 158 Å².